The van der Waals surface area contributed by atoms with Crippen LogP contribution in [0.1, 0.15) is 23.7 Å². The highest BCUT2D eigenvalue weighted by molar-refractivity contribution is 5.91. The topological polar surface area (TPSA) is 44.8 Å². The van der Waals surface area contributed by atoms with Gasteiger partial charge in [-0.05, 0) is 61.0 Å². The van der Waals surface area contributed by atoms with E-state index in [1.54, 1.807) is 61.9 Å². The van der Waals surface area contributed by atoms with Crippen molar-refractivity contribution in [2.75, 3.05) is 7.11 Å². The lowest BCUT2D eigenvalue weighted by molar-refractivity contribution is 0.0734. The Morgan fingerprint density at radius 3 is 2.14 bits per heavy atom. The van der Waals surface area contributed by atoms with E-state index in [-0.39, 0.29) is 0 Å². The molecule has 2 aromatic carbocycles. The predicted molar refractivity (Wildman–Crippen MR) is 84.5 cm³/mol. The molecule has 0 heterocycles. The molecule has 0 unspecified atom stereocenters. The fourth-order valence-corrected chi connectivity index (χ4v) is 1.70. The van der Waals surface area contributed by atoms with E-state index >= 15 is 0 Å². The monoisotopic (exact) mass is 298 g/mol. The average molecular weight is 298 g/mol. The molecule has 0 spiro atoms. The van der Waals surface area contributed by atoms with Crippen molar-refractivity contribution in [3.8, 4) is 17.2 Å². The number of ether oxygens (including phenoxy) is 3. The largest absolute Gasteiger partial charge is 0.497 e. The van der Waals surface area contributed by atoms with Crippen molar-refractivity contribution in [2.45, 2.75) is 13.3 Å². The lowest BCUT2D eigenvalue weighted by Gasteiger charge is -2.06. The third kappa shape index (κ3) is 4.38. The molecule has 0 bridgehead atoms. The van der Waals surface area contributed by atoms with E-state index in [9.17, 15) is 4.79 Å². The van der Waals surface area contributed by atoms with Crippen LogP contribution in [0.2, 0.25) is 0 Å². The molecule has 2 rings (SSSR count). The summed E-state index contributed by atoms with van der Waals surface area (Å²) in [5.41, 5.74) is 0.461. The molecule has 0 aliphatic heterocycles. The summed E-state index contributed by atoms with van der Waals surface area (Å²) in [5, 5.41) is 0. The first-order chi connectivity index (χ1) is 10.7. The van der Waals surface area contributed by atoms with E-state index in [0.29, 0.717) is 22.8 Å². The first-order valence-electron chi connectivity index (χ1n) is 7.01. The number of hydrogen-bond donors (Lipinski definition) is 0. The van der Waals surface area contributed by atoms with Crippen molar-refractivity contribution in [2.24, 2.45) is 0 Å². The zero-order valence-electron chi connectivity index (χ0n) is 12.6. The summed E-state index contributed by atoms with van der Waals surface area (Å²) in [5.74, 6) is 1.44. The van der Waals surface area contributed by atoms with Gasteiger partial charge in [-0.25, -0.2) is 4.79 Å². The number of hydrogen-bond acceptors (Lipinski definition) is 4. The smallest absolute Gasteiger partial charge is 0.343 e. The second kappa shape index (κ2) is 7.88. The molecule has 4 nitrogen and oxygen atoms in total. The van der Waals surface area contributed by atoms with Crippen LogP contribution in [0.3, 0.4) is 0 Å². The van der Waals surface area contributed by atoms with Gasteiger partial charge in [-0.15, -0.1) is 0 Å². The second-order valence-electron chi connectivity index (χ2n) is 4.49. The Morgan fingerprint density at radius 1 is 0.955 bits per heavy atom. The number of carbonyl (C=O) groups excluding carboxylic acids is 1. The van der Waals surface area contributed by atoms with E-state index in [0.717, 1.165) is 6.42 Å². The van der Waals surface area contributed by atoms with Crippen LogP contribution in [0.5, 0.6) is 17.2 Å². The lowest BCUT2D eigenvalue weighted by Crippen LogP contribution is -2.08. The Bertz CT molecular complexity index is 627. The third-order valence-electron chi connectivity index (χ3n) is 2.90. The fourth-order valence-electron chi connectivity index (χ4n) is 1.70. The van der Waals surface area contributed by atoms with Gasteiger partial charge in [0.25, 0.3) is 0 Å². The van der Waals surface area contributed by atoms with Crippen LogP contribution in [0.15, 0.2) is 60.9 Å². The molecule has 114 valence electrons. The molecular weight excluding hydrogens is 280 g/mol. The Balaban J connectivity index is 1.98. The van der Waals surface area contributed by atoms with Gasteiger partial charge in [0.05, 0.1) is 18.9 Å². The van der Waals surface area contributed by atoms with Gasteiger partial charge in [0.15, 0.2) is 0 Å². The summed E-state index contributed by atoms with van der Waals surface area (Å²) >= 11 is 0. The van der Waals surface area contributed by atoms with Crippen LogP contribution in [-0.2, 0) is 0 Å². The van der Waals surface area contributed by atoms with Gasteiger partial charge < -0.3 is 14.2 Å². The van der Waals surface area contributed by atoms with Crippen molar-refractivity contribution in [3.05, 3.63) is 66.4 Å². The third-order valence-corrected chi connectivity index (χ3v) is 2.90. The minimum atomic E-state index is -0.416. The molecule has 0 aliphatic carbocycles. The van der Waals surface area contributed by atoms with Crippen LogP contribution in [-0.4, -0.2) is 13.1 Å². The van der Waals surface area contributed by atoms with Gasteiger partial charge >= 0.3 is 5.97 Å². The summed E-state index contributed by atoms with van der Waals surface area (Å²) in [6.45, 7) is 2.03. The molecule has 0 saturated carbocycles. The highest BCUT2D eigenvalue weighted by atomic mass is 16.5. The maximum Gasteiger partial charge on any atom is 0.343 e. The van der Waals surface area contributed by atoms with Crippen molar-refractivity contribution < 1.29 is 19.0 Å². The zero-order valence-corrected chi connectivity index (χ0v) is 12.6. The molecule has 0 aromatic heterocycles. The normalized spacial score (nSPS) is 10.5. The van der Waals surface area contributed by atoms with Crippen molar-refractivity contribution in [1.82, 2.24) is 0 Å². The van der Waals surface area contributed by atoms with Gasteiger partial charge in [0.1, 0.15) is 17.2 Å². The van der Waals surface area contributed by atoms with E-state index in [1.165, 1.54) is 0 Å². The standard InChI is InChI=1S/C18H18O4/c1-3-4-13-21-16-7-5-14(6-8-16)18(19)22-17-11-9-15(20-2)10-12-17/h4-13H,3H2,1-2H3. The molecule has 0 amide bonds. The number of benzene rings is 2. The van der Waals surface area contributed by atoms with Crippen molar-refractivity contribution in [1.29, 1.82) is 0 Å². The van der Waals surface area contributed by atoms with Crippen LogP contribution >= 0.6 is 0 Å². The van der Waals surface area contributed by atoms with Gasteiger partial charge in [-0.3, -0.25) is 0 Å². The Hall–Kier alpha value is -2.75. The minimum Gasteiger partial charge on any atom is -0.497 e. The van der Waals surface area contributed by atoms with Crippen LogP contribution in [0.25, 0.3) is 0 Å². The fraction of sp³-hybridized carbons (Fsp3) is 0.167. The van der Waals surface area contributed by atoms with Crippen molar-refractivity contribution in [3.63, 3.8) is 0 Å². The second-order valence-corrected chi connectivity index (χ2v) is 4.49. The molecule has 0 N–H and O–H groups in total. The molecule has 0 aliphatic rings. The lowest BCUT2D eigenvalue weighted by atomic mass is 10.2. The van der Waals surface area contributed by atoms with Crippen LogP contribution in [0, 0.1) is 0 Å². The Kier molecular flexibility index (Phi) is 5.60. The number of carbonyl (C=O) groups is 1. The first-order valence-corrected chi connectivity index (χ1v) is 7.01. The van der Waals surface area contributed by atoms with Gasteiger partial charge in [0.2, 0.25) is 0 Å². The van der Waals surface area contributed by atoms with Crippen LogP contribution in [0.4, 0.5) is 0 Å². The molecular formula is C18H18O4. The molecule has 2 aromatic rings. The zero-order chi connectivity index (χ0) is 15.8. The molecule has 0 atom stereocenters. The summed E-state index contributed by atoms with van der Waals surface area (Å²) < 4.78 is 15.7. The van der Waals surface area contributed by atoms with Gasteiger partial charge in [-0.1, -0.05) is 6.92 Å². The number of allylic oxidation sites excluding steroid dienone is 1. The van der Waals surface area contributed by atoms with Crippen LogP contribution < -0.4 is 14.2 Å². The van der Waals surface area contributed by atoms with E-state index < -0.39 is 5.97 Å². The van der Waals surface area contributed by atoms with Gasteiger partial charge in [-0.2, -0.15) is 0 Å². The van der Waals surface area contributed by atoms with E-state index in [4.69, 9.17) is 14.2 Å². The minimum absolute atomic E-state index is 0.416. The highest BCUT2D eigenvalue weighted by Gasteiger charge is 2.08. The average Bonchev–Trinajstić information content (AvgIpc) is 2.56. The number of rotatable bonds is 6. The molecule has 0 fully saturated rings. The quantitative estimate of drug-likeness (QED) is 0.455. The molecule has 0 saturated heterocycles. The molecule has 0 radical (unpaired) electrons. The van der Waals surface area contributed by atoms with E-state index in [1.807, 2.05) is 13.0 Å². The maximum atomic E-state index is 12.0. The number of esters is 1. The maximum absolute atomic E-state index is 12.0. The Morgan fingerprint density at radius 2 is 1.55 bits per heavy atom. The van der Waals surface area contributed by atoms with Crippen molar-refractivity contribution >= 4 is 5.97 Å². The summed E-state index contributed by atoms with van der Waals surface area (Å²) in [6, 6.07) is 13.6. The number of methoxy groups -OCH3 is 1. The highest BCUT2D eigenvalue weighted by Crippen LogP contribution is 2.19. The predicted octanol–water partition coefficient (Wildman–Crippen LogP) is 4.22. The van der Waals surface area contributed by atoms with E-state index in [2.05, 4.69) is 0 Å². The molecule has 4 heteroatoms. The summed E-state index contributed by atoms with van der Waals surface area (Å²) in [6.07, 6.45) is 4.45. The summed E-state index contributed by atoms with van der Waals surface area (Å²) in [4.78, 5) is 12.0. The SMILES string of the molecule is CCC=COc1ccc(C(=O)Oc2ccc(OC)cc2)cc1. The molecule has 22 heavy (non-hydrogen) atoms. The first kappa shape index (κ1) is 15.6. The Labute approximate surface area is 129 Å². The van der Waals surface area contributed by atoms with Gasteiger partial charge in [0, 0.05) is 0 Å². The summed E-state index contributed by atoms with van der Waals surface area (Å²) in [7, 11) is 1.58.